The summed E-state index contributed by atoms with van der Waals surface area (Å²) in [5.41, 5.74) is 1.98. The van der Waals surface area contributed by atoms with E-state index in [9.17, 15) is 4.79 Å². The van der Waals surface area contributed by atoms with Gasteiger partial charge < -0.3 is 4.74 Å². The van der Waals surface area contributed by atoms with Crippen LogP contribution in [0.1, 0.15) is 31.9 Å². The van der Waals surface area contributed by atoms with Crippen molar-refractivity contribution in [1.82, 2.24) is 0 Å². The molecule has 1 aromatic carbocycles. The lowest BCUT2D eigenvalue weighted by Crippen LogP contribution is -2.35. The molecule has 0 aliphatic carbocycles. The highest BCUT2D eigenvalue weighted by atomic mass is 16.5. The lowest BCUT2D eigenvalue weighted by Gasteiger charge is -2.20. The third kappa shape index (κ3) is 1.97. The summed E-state index contributed by atoms with van der Waals surface area (Å²) >= 11 is 0. The molecule has 1 aromatic rings. The summed E-state index contributed by atoms with van der Waals surface area (Å²) in [5.74, 6) is 1.06. The van der Waals surface area contributed by atoms with Gasteiger partial charge in [0.1, 0.15) is 5.75 Å². The second-order valence-corrected chi connectivity index (χ2v) is 5.54. The molecular weight excluding hydrogens is 200 g/mol. The second kappa shape index (κ2) is 3.62. The van der Waals surface area contributed by atoms with E-state index in [0.29, 0.717) is 6.42 Å². The maximum absolute atomic E-state index is 12.1. The van der Waals surface area contributed by atoms with Crippen LogP contribution in [0.15, 0.2) is 18.2 Å². The van der Waals surface area contributed by atoms with Gasteiger partial charge in [0, 0.05) is 11.8 Å². The van der Waals surface area contributed by atoms with Crippen LogP contribution in [0.4, 0.5) is 0 Å². The van der Waals surface area contributed by atoms with Crippen LogP contribution in [-0.2, 0) is 11.2 Å². The monoisotopic (exact) mass is 218 g/mol. The molecule has 2 nitrogen and oxygen atoms in total. The van der Waals surface area contributed by atoms with Crippen LogP contribution in [0.2, 0.25) is 0 Å². The maximum atomic E-state index is 12.1. The molecular formula is C14H18O2. The second-order valence-electron chi connectivity index (χ2n) is 5.54. The van der Waals surface area contributed by atoms with E-state index in [1.165, 1.54) is 5.56 Å². The lowest BCUT2D eigenvalue weighted by atomic mass is 9.86. The van der Waals surface area contributed by atoms with Crippen molar-refractivity contribution in [3.63, 3.8) is 0 Å². The number of hydrogen-bond acceptors (Lipinski definition) is 2. The molecule has 86 valence electrons. The van der Waals surface area contributed by atoms with Crippen LogP contribution in [0.5, 0.6) is 5.75 Å². The number of carbonyl (C=O) groups excluding carboxylic acids is 1. The average Bonchev–Trinajstić information content (AvgIpc) is 2.57. The predicted octanol–water partition coefficient (Wildman–Crippen LogP) is 2.91. The summed E-state index contributed by atoms with van der Waals surface area (Å²) in [6.45, 7) is 7.84. The fraction of sp³-hybridized carbons (Fsp3) is 0.500. The first-order valence-electron chi connectivity index (χ1n) is 5.68. The van der Waals surface area contributed by atoms with Gasteiger partial charge in [-0.2, -0.15) is 0 Å². The molecule has 0 bridgehead atoms. The zero-order chi connectivity index (χ0) is 11.9. The van der Waals surface area contributed by atoms with Gasteiger partial charge in [-0.1, -0.05) is 32.9 Å². The van der Waals surface area contributed by atoms with Gasteiger partial charge in [0.25, 0.3) is 0 Å². The molecule has 2 heteroatoms. The van der Waals surface area contributed by atoms with E-state index >= 15 is 0 Å². The smallest absolute Gasteiger partial charge is 0.178 e. The van der Waals surface area contributed by atoms with Gasteiger partial charge in [0.2, 0.25) is 0 Å². The van der Waals surface area contributed by atoms with Crippen LogP contribution >= 0.6 is 0 Å². The summed E-state index contributed by atoms with van der Waals surface area (Å²) in [7, 11) is 0. The Morgan fingerprint density at radius 2 is 2.06 bits per heavy atom. The Labute approximate surface area is 96.6 Å². The number of ketones is 1. The van der Waals surface area contributed by atoms with Crippen molar-refractivity contribution in [2.24, 2.45) is 5.41 Å². The number of fused-ring (bicyclic) bond motifs is 1. The summed E-state index contributed by atoms with van der Waals surface area (Å²) < 4.78 is 5.73. The normalized spacial score (nSPS) is 19.1. The minimum atomic E-state index is -0.332. The molecule has 0 radical (unpaired) electrons. The van der Waals surface area contributed by atoms with Gasteiger partial charge in [0.15, 0.2) is 11.9 Å². The first-order valence-corrected chi connectivity index (χ1v) is 5.68. The molecule has 1 aliphatic rings. The molecule has 2 rings (SSSR count). The van der Waals surface area contributed by atoms with Crippen LogP contribution in [0.25, 0.3) is 0 Å². The maximum Gasteiger partial charge on any atom is 0.178 e. The molecule has 0 spiro atoms. The minimum absolute atomic E-state index is 0.182. The molecule has 0 saturated carbocycles. The summed E-state index contributed by atoms with van der Waals surface area (Å²) in [6, 6.07) is 6.12. The summed E-state index contributed by atoms with van der Waals surface area (Å²) in [5, 5.41) is 0. The first kappa shape index (κ1) is 11.2. The summed E-state index contributed by atoms with van der Waals surface area (Å²) in [4.78, 5) is 12.1. The van der Waals surface area contributed by atoms with Crippen molar-refractivity contribution in [1.29, 1.82) is 0 Å². The number of benzene rings is 1. The standard InChI is InChI=1S/C14H18O2/c1-9-5-6-10-8-12(16-11(10)7-9)13(15)14(2,3)4/h5-7,12H,8H2,1-4H3. The Balaban J connectivity index is 2.20. The molecule has 16 heavy (non-hydrogen) atoms. The van der Waals surface area contributed by atoms with Crippen molar-refractivity contribution >= 4 is 5.78 Å². The SMILES string of the molecule is Cc1ccc2c(c1)OC(C(=O)C(C)(C)C)C2. The fourth-order valence-electron chi connectivity index (χ4n) is 1.96. The van der Waals surface area contributed by atoms with E-state index in [-0.39, 0.29) is 17.3 Å². The Bertz CT molecular complexity index is 427. The molecule has 0 N–H and O–H groups in total. The molecule has 1 unspecified atom stereocenters. The lowest BCUT2D eigenvalue weighted by molar-refractivity contribution is -0.132. The van der Waals surface area contributed by atoms with Crippen LogP contribution in [0, 0.1) is 12.3 Å². The number of ether oxygens (including phenoxy) is 1. The molecule has 0 aromatic heterocycles. The predicted molar refractivity (Wildman–Crippen MR) is 63.8 cm³/mol. The average molecular weight is 218 g/mol. The highest BCUT2D eigenvalue weighted by Gasteiger charge is 2.35. The van der Waals surface area contributed by atoms with E-state index < -0.39 is 0 Å². The van der Waals surface area contributed by atoms with E-state index in [4.69, 9.17) is 4.74 Å². The number of aryl methyl sites for hydroxylation is 1. The van der Waals surface area contributed by atoms with Gasteiger partial charge in [-0.25, -0.2) is 0 Å². The van der Waals surface area contributed by atoms with Gasteiger partial charge >= 0.3 is 0 Å². The Morgan fingerprint density at radius 3 is 2.69 bits per heavy atom. The van der Waals surface area contributed by atoms with Crippen LogP contribution in [-0.4, -0.2) is 11.9 Å². The van der Waals surface area contributed by atoms with Crippen molar-refractivity contribution in [3.8, 4) is 5.75 Å². The zero-order valence-corrected chi connectivity index (χ0v) is 10.3. The Hall–Kier alpha value is -1.31. The number of rotatable bonds is 1. The molecule has 0 fully saturated rings. The van der Waals surface area contributed by atoms with Crippen molar-refractivity contribution in [2.45, 2.75) is 40.2 Å². The third-order valence-electron chi connectivity index (χ3n) is 2.93. The van der Waals surface area contributed by atoms with Crippen molar-refractivity contribution < 1.29 is 9.53 Å². The van der Waals surface area contributed by atoms with Gasteiger partial charge in [0.05, 0.1) is 0 Å². The molecule has 1 atom stereocenters. The highest BCUT2D eigenvalue weighted by molar-refractivity contribution is 5.89. The number of Topliss-reactive ketones (excluding diaryl/α,β-unsaturated/α-hetero) is 1. The van der Waals surface area contributed by atoms with E-state index in [0.717, 1.165) is 11.3 Å². The Kier molecular flexibility index (Phi) is 2.53. The highest BCUT2D eigenvalue weighted by Crippen LogP contribution is 2.32. The number of carbonyl (C=O) groups is 1. The Morgan fingerprint density at radius 1 is 1.38 bits per heavy atom. The van der Waals surface area contributed by atoms with Crippen LogP contribution in [0.3, 0.4) is 0 Å². The van der Waals surface area contributed by atoms with Crippen molar-refractivity contribution in [2.75, 3.05) is 0 Å². The molecule has 0 saturated heterocycles. The quantitative estimate of drug-likeness (QED) is 0.724. The largest absolute Gasteiger partial charge is 0.482 e. The van der Waals surface area contributed by atoms with E-state index in [2.05, 4.69) is 12.1 Å². The minimum Gasteiger partial charge on any atom is -0.482 e. The zero-order valence-electron chi connectivity index (χ0n) is 10.3. The molecule has 0 amide bonds. The molecule has 1 aliphatic heterocycles. The van der Waals surface area contributed by atoms with Crippen molar-refractivity contribution in [3.05, 3.63) is 29.3 Å². The first-order chi connectivity index (χ1) is 7.38. The third-order valence-corrected chi connectivity index (χ3v) is 2.93. The van der Waals surface area contributed by atoms with E-state index in [1.54, 1.807) is 0 Å². The summed E-state index contributed by atoms with van der Waals surface area (Å²) in [6.07, 6.45) is 0.419. The van der Waals surface area contributed by atoms with Crippen LogP contribution < -0.4 is 4.74 Å². The van der Waals surface area contributed by atoms with Gasteiger partial charge in [-0.3, -0.25) is 4.79 Å². The fourth-order valence-corrected chi connectivity index (χ4v) is 1.96. The molecule has 1 heterocycles. The van der Waals surface area contributed by atoms with E-state index in [1.807, 2.05) is 33.8 Å². The topological polar surface area (TPSA) is 26.3 Å². The van der Waals surface area contributed by atoms with Gasteiger partial charge in [-0.05, 0) is 24.1 Å². The van der Waals surface area contributed by atoms with Gasteiger partial charge in [-0.15, -0.1) is 0 Å². The number of hydrogen-bond donors (Lipinski definition) is 0.